The van der Waals surface area contributed by atoms with Gasteiger partial charge in [-0.1, -0.05) is 44.0 Å². The molecule has 1 aliphatic carbocycles. The van der Waals surface area contributed by atoms with Crippen LogP contribution in [0.1, 0.15) is 56.1 Å². The van der Waals surface area contributed by atoms with Gasteiger partial charge in [0.15, 0.2) is 0 Å². The summed E-state index contributed by atoms with van der Waals surface area (Å²) in [7, 11) is 2.27. The number of nitrogens with zero attached hydrogens (tertiary/aromatic N) is 1. The van der Waals surface area contributed by atoms with Crippen LogP contribution in [0.5, 0.6) is 0 Å². The lowest BCUT2D eigenvalue weighted by atomic mass is 9.87. The number of nitrogens with one attached hydrogen (secondary N) is 1. The molecular weight excluding hydrogens is 256 g/mol. The molecule has 0 amide bonds. The maximum absolute atomic E-state index is 3.93. The van der Waals surface area contributed by atoms with E-state index in [4.69, 9.17) is 0 Å². The second kappa shape index (κ2) is 6.93. The van der Waals surface area contributed by atoms with Crippen LogP contribution in [0.15, 0.2) is 24.3 Å². The molecule has 2 atom stereocenters. The number of rotatable bonds is 4. The van der Waals surface area contributed by atoms with E-state index in [0.717, 1.165) is 12.5 Å². The highest BCUT2D eigenvalue weighted by molar-refractivity contribution is 5.26. The number of aryl methyl sites for hydroxylation is 1. The van der Waals surface area contributed by atoms with Crippen LogP contribution >= 0.6 is 0 Å². The fourth-order valence-corrected chi connectivity index (χ4v) is 4.13. The molecule has 1 saturated carbocycles. The molecule has 0 radical (unpaired) electrons. The van der Waals surface area contributed by atoms with Gasteiger partial charge in [0.05, 0.1) is 0 Å². The maximum Gasteiger partial charge on any atom is 0.0203 e. The molecule has 1 aliphatic heterocycles. The molecule has 2 fully saturated rings. The molecule has 1 N–H and O–H groups in total. The molecule has 1 aromatic rings. The summed E-state index contributed by atoms with van der Waals surface area (Å²) in [4.78, 5) is 2.51. The van der Waals surface area contributed by atoms with Crippen molar-refractivity contribution in [1.29, 1.82) is 0 Å². The lowest BCUT2D eigenvalue weighted by Gasteiger charge is -2.37. The van der Waals surface area contributed by atoms with E-state index in [1.807, 2.05) is 0 Å². The van der Waals surface area contributed by atoms with Crippen molar-refractivity contribution in [3.05, 3.63) is 35.4 Å². The molecule has 1 heterocycles. The number of hydrogen-bond donors (Lipinski definition) is 1. The summed E-state index contributed by atoms with van der Waals surface area (Å²) >= 11 is 0. The monoisotopic (exact) mass is 286 g/mol. The Morgan fingerprint density at radius 2 is 1.76 bits per heavy atom. The fourth-order valence-electron chi connectivity index (χ4n) is 4.13. The van der Waals surface area contributed by atoms with Gasteiger partial charge in [-0.25, -0.2) is 0 Å². The molecule has 2 unspecified atom stereocenters. The van der Waals surface area contributed by atoms with Gasteiger partial charge >= 0.3 is 0 Å². The van der Waals surface area contributed by atoms with Crippen LogP contribution in [0.3, 0.4) is 0 Å². The lowest BCUT2D eigenvalue weighted by molar-refractivity contribution is 0.195. The number of benzene rings is 1. The molecule has 2 heteroatoms. The van der Waals surface area contributed by atoms with E-state index in [9.17, 15) is 0 Å². The zero-order valence-electron chi connectivity index (χ0n) is 13.6. The van der Waals surface area contributed by atoms with Crippen LogP contribution < -0.4 is 5.32 Å². The van der Waals surface area contributed by atoms with E-state index in [-0.39, 0.29) is 0 Å². The summed E-state index contributed by atoms with van der Waals surface area (Å²) in [5, 5.41) is 3.93. The van der Waals surface area contributed by atoms with Gasteiger partial charge in [-0.05, 0) is 49.8 Å². The van der Waals surface area contributed by atoms with Crippen molar-refractivity contribution in [1.82, 2.24) is 10.2 Å². The number of likely N-dealkylation sites (N-methyl/N-ethyl adjacent to an activating group) is 1. The SMILES string of the molecule is CCc1ccc(C2CC(NC3CCCC3)CN(C)C2)cc1. The first-order valence-corrected chi connectivity index (χ1v) is 8.78. The van der Waals surface area contributed by atoms with Gasteiger partial charge in [0.1, 0.15) is 0 Å². The van der Waals surface area contributed by atoms with E-state index in [0.29, 0.717) is 12.0 Å². The van der Waals surface area contributed by atoms with Gasteiger partial charge < -0.3 is 10.2 Å². The highest BCUT2D eigenvalue weighted by Gasteiger charge is 2.28. The summed E-state index contributed by atoms with van der Waals surface area (Å²) in [5.41, 5.74) is 2.97. The van der Waals surface area contributed by atoms with Crippen LogP contribution in [0.25, 0.3) is 0 Å². The zero-order chi connectivity index (χ0) is 14.7. The summed E-state index contributed by atoms with van der Waals surface area (Å²) in [6.45, 7) is 4.64. The number of piperidine rings is 1. The molecule has 2 aliphatic rings. The van der Waals surface area contributed by atoms with Gasteiger partial charge in [-0.3, -0.25) is 0 Å². The average Bonchev–Trinajstić information content (AvgIpc) is 2.99. The van der Waals surface area contributed by atoms with Crippen LogP contribution in [0.4, 0.5) is 0 Å². The van der Waals surface area contributed by atoms with E-state index in [2.05, 4.69) is 48.5 Å². The molecule has 0 spiro atoms. The molecule has 0 bridgehead atoms. The van der Waals surface area contributed by atoms with Crippen molar-refractivity contribution in [2.45, 2.75) is 63.5 Å². The molecule has 2 nitrogen and oxygen atoms in total. The largest absolute Gasteiger partial charge is 0.310 e. The fraction of sp³-hybridized carbons (Fsp3) is 0.684. The maximum atomic E-state index is 3.93. The Labute approximate surface area is 129 Å². The van der Waals surface area contributed by atoms with Crippen LogP contribution in [0.2, 0.25) is 0 Å². The first-order valence-electron chi connectivity index (χ1n) is 8.78. The van der Waals surface area contributed by atoms with Crippen LogP contribution in [-0.2, 0) is 6.42 Å². The third-order valence-electron chi connectivity index (χ3n) is 5.32. The topological polar surface area (TPSA) is 15.3 Å². The molecule has 1 aromatic carbocycles. The minimum atomic E-state index is 0.669. The predicted octanol–water partition coefficient (Wildman–Crippen LogP) is 3.57. The van der Waals surface area contributed by atoms with Crippen molar-refractivity contribution in [2.75, 3.05) is 20.1 Å². The zero-order valence-corrected chi connectivity index (χ0v) is 13.6. The molecular formula is C19H30N2. The van der Waals surface area contributed by atoms with Crippen molar-refractivity contribution >= 4 is 0 Å². The van der Waals surface area contributed by atoms with Crippen molar-refractivity contribution in [3.8, 4) is 0 Å². The third kappa shape index (κ3) is 3.87. The highest BCUT2D eigenvalue weighted by Crippen LogP contribution is 2.28. The van der Waals surface area contributed by atoms with Crippen LogP contribution in [0, 0.1) is 0 Å². The first kappa shape index (κ1) is 15.1. The van der Waals surface area contributed by atoms with E-state index in [1.54, 1.807) is 0 Å². The quantitative estimate of drug-likeness (QED) is 0.910. The number of likely N-dealkylation sites (tertiary alicyclic amines) is 1. The van der Waals surface area contributed by atoms with Crippen molar-refractivity contribution < 1.29 is 0 Å². The molecule has 0 aromatic heterocycles. The summed E-state index contributed by atoms with van der Waals surface area (Å²) in [5.74, 6) is 0.688. The Morgan fingerprint density at radius 3 is 2.43 bits per heavy atom. The van der Waals surface area contributed by atoms with E-state index >= 15 is 0 Å². The van der Waals surface area contributed by atoms with Crippen molar-refractivity contribution in [2.24, 2.45) is 0 Å². The molecule has 116 valence electrons. The van der Waals surface area contributed by atoms with Crippen molar-refractivity contribution in [3.63, 3.8) is 0 Å². The van der Waals surface area contributed by atoms with Gasteiger partial charge in [0, 0.05) is 25.2 Å². The molecule has 3 rings (SSSR count). The second-order valence-electron chi connectivity index (χ2n) is 7.09. The molecule has 21 heavy (non-hydrogen) atoms. The first-order chi connectivity index (χ1) is 10.2. The normalized spacial score (nSPS) is 28.1. The summed E-state index contributed by atoms with van der Waals surface area (Å²) in [6.07, 6.45) is 8.04. The Balaban J connectivity index is 1.63. The van der Waals surface area contributed by atoms with Gasteiger partial charge in [-0.15, -0.1) is 0 Å². The minimum absolute atomic E-state index is 0.669. The molecule has 1 saturated heterocycles. The average molecular weight is 286 g/mol. The third-order valence-corrected chi connectivity index (χ3v) is 5.32. The Hall–Kier alpha value is -0.860. The van der Waals surface area contributed by atoms with Gasteiger partial charge in [0.2, 0.25) is 0 Å². The standard InChI is InChI=1S/C19H30N2/c1-3-15-8-10-16(11-9-15)17-12-19(14-21(2)13-17)20-18-6-4-5-7-18/h8-11,17-20H,3-7,12-14H2,1-2H3. The Bertz CT molecular complexity index is 433. The Morgan fingerprint density at radius 1 is 1.05 bits per heavy atom. The lowest BCUT2D eigenvalue weighted by Crippen LogP contribution is -2.49. The predicted molar refractivity (Wildman–Crippen MR) is 89.9 cm³/mol. The van der Waals surface area contributed by atoms with Crippen LogP contribution in [-0.4, -0.2) is 37.1 Å². The summed E-state index contributed by atoms with van der Waals surface area (Å²) in [6, 6.07) is 10.8. The van der Waals surface area contributed by atoms with E-state index < -0.39 is 0 Å². The smallest absolute Gasteiger partial charge is 0.0203 e. The van der Waals surface area contributed by atoms with E-state index in [1.165, 1.54) is 56.3 Å². The number of hydrogen-bond acceptors (Lipinski definition) is 2. The minimum Gasteiger partial charge on any atom is -0.310 e. The summed E-state index contributed by atoms with van der Waals surface area (Å²) < 4.78 is 0. The van der Waals surface area contributed by atoms with Gasteiger partial charge in [0.25, 0.3) is 0 Å². The highest BCUT2D eigenvalue weighted by atomic mass is 15.1. The Kier molecular flexibility index (Phi) is 4.97. The second-order valence-corrected chi connectivity index (χ2v) is 7.09. The van der Waals surface area contributed by atoms with Gasteiger partial charge in [-0.2, -0.15) is 0 Å².